The number of carboxylic acids is 1. The molecule has 0 saturated carbocycles. The Morgan fingerprint density at radius 1 is 1.58 bits per heavy atom. The Bertz CT molecular complexity index is 617. The molecule has 2 rings (SSSR count). The number of sulfonamides is 1. The summed E-state index contributed by atoms with van der Waals surface area (Å²) >= 11 is 5.77. The van der Waals surface area contributed by atoms with E-state index in [0.717, 1.165) is 0 Å². The fourth-order valence-corrected chi connectivity index (χ4v) is 3.96. The molecule has 1 fully saturated rings. The van der Waals surface area contributed by atoms with Crippen molar-refractivity contribution in [2.75, 3.05) is 13.1 Å². The van der Waals surface area contributed by atoms with Crippen LogP contribution in [0.5, 0.6) is 0 Å². The van der Waals surface area contributed by atoms with E-state index < -0.39 is 21.9 Å². The van der Waals surface area contributed by atoms with Crippen molar-refractivity contribution >= 4 is 27.6 Å². The molecule has 2 heterocycles. The molecular weight excluding hydrogens is 292 g/mol. The van der Waals surface area contributed by atoms with Gasteiger partial charge in [0.25, 0.3) is 0 Å². The molecule has 1 aromatic heterocycles. The second-order valence-corrected chi connectivity index (χ2v) is 6.77. The molecule has 1 N–H and O–H groups in total. The molecule has 1 aliphatic rings. The first-order chi connectivity index (χ1) is 8.82. The van der Waals surface area contributed by atoms with E-state index in [2.05, 4.69) is 4.98 Å². The number of carboxylic acid groups (broad SMARTS) is 1. The molecule has 0 aromatic carbocycles. The molecule has 0 amide bonds. The highest BCUT2D eigenvalue weighted by Gasteiger charge is 2.36. The second kappa shape index (κ2) is 5.07. The number of aryl methyl sites for hydroxylation is 1. The van der Waals surface area contributed by atoms with Crippen molar-refractivity contribution in [2.45, 2.75) is 18.2 Å². The van der Waals surface area contributed by atoms with Crippen LogP contribution in [0.15, 0.2) is 17.2 Å². The molecule has 0 bridgehead atoms. The third kappa shape index (κ3) is 2.72. The van der Waals surface area contributed by atoms with Crippen LogP contribution >= 0.6 is 11.6 Å². The number of nitrogens with zero attached hydrogens (tertiary/aromatic N) is 2. The molecule has 104 valence electrons. The average Bonchev–Trinajstić information content (AvgIpc) is 2.82. The second-order valence-electron chi connectivity index (χ2n) is 4.42. The van der Waals surface area contributed by atoms with Crippen molar-refractivity contribution in [3.8, 4) is 0 Å². The lowest BCUT2D eigenvalue weighted by Crippen LogP contribution is -2.30. The van der Waals surface area contributed by atoms with Crippen molar-refractivity contribution in [3.05, 3.63) is 23.0 Å². The first-order valence-electron chi connectivity index (χ1n) is 5.67. The lowest BCUT2D eigenvalue weighted by atomic mass is 10.1. The van der Waals surface area contributed by atoms with Crippen LogP contribution in [0.4, 0.5) is 0 Å². The highest BCUT2D eigenvalue weighted by Crippen LogP contribution is 2.27. The monoisotopic (exact) mass is 304 g/mol. The number of hydrogen-bond acceptors (Lipinski definition) is 4. The summed E-state index contributed by atoms with van der Waals surface area (Å²) in [5.74, 6) is -1.62. The Balaban J connectivity index is 2.33. The first-order valence-corrected chi connectivity index (χ1v) is 7.49. The molecule has 8 heteroatoms. The Labute approximate surface area is 116 Å². The van der Waals surface area contributed by atoms with Gasteiger partial charge in [0.15, 0.2) is 0 Å². The maximum absolute atomic E-state index is 12.4. The maximum atomic E-state index is 12.4. The van der Waals surface area contributed by atoms with E-state index in [1.165, 1.54) is 16.6 Å². The minimum atomic E-state index is -3.74. The summed E-state index contributed by atoms with van der Waals surface area (Å²) in [4.78, 5) is 14.8. The number of pyridine rings is 1. The van der Waals surface area contributed by atoms with E-state index >= 15 is 0 Å². The minimum absolute atomic E-state index is 0.0103. The van der Waals surface area contributed by atoms with E-state index in [4.69, 9.17) is 16.7 Å². The fraction of sp³-hybridized carbons (Fsp3) is 0.455. The Kier molecular flexibility index (Phi) is 3.80. The van der Waals surface area contributed by atoms with Crippen LogP contribution in [0.2, 0.25) is 5.02 Å². The molecule has 0 radical (unpaired) electrons. The maximum Gasteiger partial charge on any atom is 0.307 e. The summed E-state index contributed by atoms with van der Waals surface area (Å²) in [6, 6.07) is 1.34. The summed E-state index contributed by atoms with van der Waals surface area (Å²) in [6.07, 6.45) is 1.70. The van der Waals surface area contributed by atoms with Crippen molar-refractivity contribution < 1.29 is 18.3 Å². The lowest BCUT2D eigenvalue weighted by Gasteiger charge is -2.17. The van der Waals surface area contributed by atoms with E-state index in [-0.39, 0.29) is 23.0 Å². The van der Waals surface area contributed by atoms with Gasteiger partial charge in [0, 0.05) is 19.3 Å². The van der Waals surface area contributed by atoms with Gasteiger partial charge >= 0.3 is 5.97 Å². The van der Waals surface area contributed by atoms with Gasteiger partial charge in [-0.05, 0) is 19.4 Å². The summed E-state index contributed by atoms with van der Waals surface area (Å²) in [6.45, 7) is 1.77. The van der Waals surface area contributed by atoms with E-state index in [9.17, 15) is 13.2 Å². The molecule has 1 atom stereocenters. The first kappa shape index (κ1) is 14.2. The predicted octanol–water partition coefficient (Wildman–Crippen LogP) is 1.14. The summed E-state index contributed by atoms with van der Waals surface area (Å²) in [5, 5.41) is 9.15. The van der Waals surface area contributed by atoms with Gasteiger partial charge in [-0.3, -0.25) is 9.78 Å². The van der Waals surface area contributed by atoms with Crippen molar-refractivity contribution in [2.24, 2.45) is 5.92 Å². The summed E-state index contributed by atoms with van der Waals surface area (Å²) in [7, 11) is -3.74. The zero-order valence-corrected chi connectivity index (χ0v) is 11.8. The third-order valence-corrected chi connectivity index (χ3v) is 5.31. The number of aliphatic carboxylic acids is 1. The largest absolute Gasteiger partial charge is 0.481 e. The summed E-state index contributed by atoms with van der Waals surface area (Å²) in [5.41, 5.74) is 0.350. The van der Waals surface area contributed by atoms with Gasteiger partial charge in [0.2, 0.25) is 10.0 Å². The average molecular weight is 305 g/mol. The molecule has 1 saturated heterocycles. The van der Waals surface area contributed by atoms with Gasteiger partial charge in [0.1, 0.15) is 4.90 Å². The van der Waals surface area contributed by atoms with Gasteiger partial charge < -0.3 is 5.11 Å². The Hall–Kier alpha value is -1.18. The van der Waals surface area contributed by atoms with Gasteiger partial charge in [-0.1, -0.05) is 11.6 Å². The molecule has 6 nitrogen and oxygen atoms in total. The molecule has 1 unspecified atom stereocenters. The van der Waals surface area contributed by atoms with Gasteiger partial charge in [-0.2, -0.15) is 4.31 Å². The zero-order valence-electron chi connectivity index (χ0n) is 10.2. The number of aromatic nitrogens is 1. The van der Waals surface area contributed by atoms with E-state index in [1.807, 2.05) is 0 Å². The SMILES string of the molecule is Cc1ncc(Cl)cc1S(=O)(=O)N1CCC(C(=O)O)C1. The molecular formula is C11H13ClN2O4S. The number of rotatable bonds is 3. The molecule has 1 aliphatic heterocycles. The van der Waals surface area contributed by atoms with Crippen LogP contribution in [0, 0.1) is 12.8 Å². The minimum Gasteiger partial charge on any atom is -0.481 e. The Morgan fingerprint density at radius 3 is 2.84 bits per heavy atom. The van der Waals surface area contributed by atoms with Crippen LogP contribution in [0.25, 0.3) is 0 Å². The van der Waals surface area contributed by atoms with E-state index in [0.29, 0.717) is 12.1 Å². The number of hydrogen-bond donors (Lipinski definition) is 1. The summed E-state index contributed by atoms with van der Waals surface area (Å²) < 4.78 is 26.0. The van der Waals surface area contributed by atoms with E-state index in [1.54, 1.807) is 6.92 Å². The van der Waals surface area contributed by atoms with Crippen LogP contribution < -0.4 is 0 Å². The predicted molar refractivity (Wildman–Crippen MR) is 68.5 cm³/mol. The standard InChI is InChI=1S/C11H13ClN2O4S/c1-7-10(4-9(12)5-13-7)19(17,18)14-3-2-8(6-14)11(15)16/h4-5,8H,2-3,6H2,1H3,(H,15,16). The topological polar surface area (TPSA) is 87.6 Å². The fourth-order valence-electron chi connectivity index (χ4n) is 2.04. The highest BCUT2D eigenvalue weighted by molar-refractivity contribution is 7.89. The Morgan fingerprint density at radius 2 is 2.26 bits per heavy atom. The van der Waals surface area contributed by atoms with Gasteiger partial charge in [0.05, 0.1) is 16.6 Å². The number of carbonyl (C=O) groups is 1. The van der Waals surface area contributed by atoms with Crippen LogP contribution in [-0.2, 0) is 14.8 Å². The third-order valence-electron chi connectivity index (χ3n) is 3.13. The molecule has 1 aromatic rings. The van der Waals surface area contributed by atoms with Gasteiger partial charge in [-0.25, -0.2) is 8.42 Å². The van der Waals surface area contributed by atoms with Crippen molar-refractivity contribution in [1.82, 2.24) is 9.29 Å². The quantitative estimate of drug-likeness (QED) is 0.904. The normalized spacial score (nSPS) is 20.6. The smallest absolute Gasteiger partial charge is 0.307 e. The molecule has 0 spiro atoms. The van der Waals surface area contributed by atoms with Crippen LogP contribution in [0.3, 0.4) is 0 Å². The highest BCUT2D eigenvalue weighted by atomic mass is 35.5. The van der Waals surface area contributed by atoms with Gasteiger partial charge in [-0.15, -0.1) is 0 Å². The van der Waals surface area contributed by atoms with Crippen molar-refractivity contribution in [1.29, 1.82) is 0 Å². The lowest BCUT2D eigenvalue weighted by molar-refractivity contribution is -0.141. The molecule has 0 aliphatic carbocycles. The number of halogens is 1. The molecule has 19 heavy (non-hydrogen) atoms. The van der Waals surface area contributed by atoms with Crippen LogP contribution in [-0.4, -0.2) is 41.9 Å². The zero-order chi connectivity index (χ0) is 14.2. The van der Waals surface area contributed by atoms with Crippen molar-refractivity contribution in [3.63, 3.8) is 0 Å². The van der Waals surface area contributed by atoms with Crippen LogP contribution in [0.1, 0.15) is 12.1 Å².